The number of hydrogen-bond acceptors (Lipinski definition) is 8. The smallest absolute Gasteiger partial charge is 0.336 e. The summed E-state index contributed by atoms with van der Waals surface area (Å²) in [5.74, 6) is -0.726. The zero-order valence-corrected chi connectivity index (χ0v) is 31.9. The number of fused-ring (bicyclic) bond motifs is 1. The van der Waals surface area contributed by atoms with Crippen LogP contribution in [0, 0.1) is 6.92 Å². The molecule has 0 saturated heterocycles. The summed E-state index contributed by atoms with van der Waals surface area (Å²) in [5, 5.41) is 4.10. The lowest BCUT2D eigenvalue weighted by molar-refractivity contribution is -0.137. The molecule has 2 heterocycles. The number of H-pyrrole nitrogens is 1. The minimum atomic E-state index is -0.738. The van der Waals surface area contributed by atoms with Crippen molar-refractivity contribution in [1.82, 2.24) is 15.3 Å². The van der Waals surface area contributed by atoms with E-state index in [2.05, 4.69) is 29.4 Å². The van der Waals surface area contributed by atoms with Gasteiger partial charge in [-0.15, -0.1) is 0 Å². The molecule has 0 amide bonds. The van der Waals surface area contributed by atoms with Gasteiger partial charge in [0, 0.05) is 22.7 Å². The molecule has 0 saturated carbocycles. The second-order valence-corrected chi connectivity index (χ2v) is 14.3. The lowest BCUT2D eigenvalue weighted by Crippen LogP contribution is -2.34. The van der Waals surface area contributed by atoms with Gasteiger partial charge in [0.1, 0.15) is 5.75 Å². The Bertz CT molecular complexity index is 1640. The van der Waals surface area contributed by atoms with E-state index in [0.717, 1.165) is 52.1 Å². The molecular formula is C41H57N3O5S. The van der Waals surface area contributed by atoms with Crippen LogP contribution in [-0.4, -0.2) is 49.0 Å². The van der Waals surface area contributed by atoms with Gasteiger partial charge in [-0.25, -0.2) is 14.6 Å². The van der Waals surface area contributed by atoms with Gasteiger partial charge in [-0.1, -0.05) is 114 Å². The quantitative estimate of drug-likeness (QED) is 0.0642. The highest BCUT2D eigenvalue weighted by Gasteiger charge is 2.41. The first kappa shape index (κ1) is 39.1. The molecule has 0 bridgehead atoms. The summed E-state index contributed by atoms with van der Waals surface area (Å²) in [6, 6.07) is 12.1. The molecule has 50 heavy (non-hydrogen) atoms. The Balaban J connectivity index is 1.53. The molecule has 2 aromatic carbocycles. The molecule has 0 spiro atoms. The maximum Gasteiger partial charge on any atom is 0.336 e. The van der Waals surface area contributed by atoms with Crippen LogP contribution in [0.25, 0.3) is 11.0 Å². The molecule has 8 nitrogen and oxygen atoms in total. The van der Waals surface area contributed by atoms with Crippen LogP contribution in [0.1, 0.15) is 120 Å². The SMILES string of the molecule is CCCCCCCCCCCCCCCc1cccc(OC)c1C1C(C(=O)OC)=C(C)NC(CSc2nc3ccc(C)cc3[nH]2)=C1C(=O)OC. The number of imidazole rings is 1. The number of aryl methyl sites for hydroxylation is 2. The number of hydrogen-bond donors (Lipinski definition) is 2. The van der Waals surface area contributed by atoms with Crippen molar-refractivity contribution in [3.63, 3.8) is 0 Å². The van der Waals surface area contributed by atoms with Gasteiger partial charge in [0.25, 0.3) is 0 Å². The molecule has 4 rings (SSSR count). The summed E-state index contributed by atoms with van der Waals surface area (Å²) in [6.07, 6.45) is 17.5. The number of aromatic nitrogens is 2. The van der Waals surface area contributed by atoms with Gasteiger partial charge in [-0.2, -0.15) is 0 Å². The van der Waals surface area contributed by atoms with Crippen molar-refractivity contribution in [2.75, 3.05) is 27.1 Å². The van der Waals surface area contributed by atoms with Crippen LogP contribution in [0.15, 0.2) is 64.1 Å². The van der Waals surface area contributed by atoms with Crippen molar-refractivity contribution in [3.05, 3.63) is 75.6 Å². The largest absolute Gasteiger partial charge is 0.496 e. The number of methoxy groups -OCH3 is 3. The topological polar surface area (TPSA) is 103 Å². The zero-order chi connectivity index (χ0) is 35.9. The molecule has 1 aromatic heterocycles. The van der Waals surface area contributed by atoms with Gasteiger partial charge in [-0.3, -0.25) is 0 Å². The predicted molar refractivity (Wildman–Crippen MR) is 204 cm³/mol. The van der Waals surface area contributed by atoms with E-state index in [1.807, 2.05) is 38.1 Å². The molecule has 272 valence electrons. The summed E-state index contributed by atoms with van der Waals surface area (Å²) in [5.41, 5.74) is 6.87. The van der Waals surface area contributed by atoms with E-state index in [0.29, 0.717) is 34.0 Å². The number of ether oxygens (including phenoxy) is 3. The van der Waals surface area contributed by atoms with E-state index >= 15 is 0 Å². The van der Waals surface area contributed by atoms with Crippen molar-refractivity contribution in [1.29, 1.82) is 0 Å². The van der Waals surface area contributed by atoms with Crippen molar-refractivity contribution in [2.45, 2.75) is 122 Å². The number of esters is 2. The van der Waals surface area contributed by atoms with Gasteiger partial charge in [0.2, 0.25) is 0 Å². The van der Waals surface area contributed by atoms with E-state index in [9.17, 15) is 9.59 Å². The van der Waals surface area contributed by atoms with Crippen molar-refractivity contribution >= 4 is 34.7 Å². The van der Waals surface area contributed by atoms with Crippen LogP contribution in [0.4, 0.5) is 0 Å². The third kappa shape index (κ3) is 10.4. The Morgan fingerprint density at radius 2 is 1.42 bits per heavy atom. The van der Waals surface area contributed by atoms with Crippen molar-refractivity contribution in [3.8, 4) is 5.75 Å². The first-order chi connectivity index (χ1) is 24.3. The lowest BCUT2D eigenvalue weighted by atomic mass is 9.77. The van der Waals surface area contributed by atoms with E-state index in [-0.39, 0.29) is 0 Å². The third-order valence-corrected chi connectivity index (χ3v) is 10.5. The van der Waals surface area contributed by atoms with E-state index in [1.54, 1.807) is 7.11 Å². The standard InChI is InChI=1S/C41H57N3O5S/c1-7-8-9-10-11-12-13-14-15-16-17-18-19-21-30-22-20-23-34(47-4)36(30)38-35(39(45)48-5)29(3)42-33(37(38)40(46)49-6)27-50-41-43-31-25-24-28(2)26-32(31)44-41/h20,22-26,38,42H,7-19,21,27H2,1-6H3,(H,43,44). The van der Waals surface area contributed by atoms with Crippen LogP contribution in [0.5, 0.6) is 5.75 Å². The average Bonchev–Trinajstić information content (AvgIpc) is 3.53. The number of unbranched alkanes of at least 4 members (excludes halogenated alkanes) is 12. The number of carbonyl (C=O) groups is 2. The molecular weight excluding hydrogens is 647 g/mol. The van der Waals surface area contributed by atoms with Gasteiger partial charge in [0.15, 0.2) is 5.16 Å². The number of allylic oxidation sites excluding steroid dienone is 1. The zero-order valence-electron chi connectivity index (χ0n) is 31.0. The highest BCUT2D eigenvalue weighted by atomic mass is 32.2. The number of nitrogens with zero attached hydrogens (tertiary/aromatic N) is 1. The number of thioether (sulfide) groups is 1. The second-order valence-electron chi connectivity index (χ2n) is 13.3. The predicted octanol–water partition coefficient (Wildman–Crippen LogP) is 9.87. The summed E-state index contributed by atoms with van der Waals surface area (Å²) in [4.78, 5) is 35.3. The fraction of sp³-hybridized carbons (Fsp3) is 0.537. The number of aromatic amines is 1. The summed E-state index contributed by atoms with van der Waals surface area (Å²) in [7, 11) is 4.37. The summed E-state index contributed by atoms with van der Waals surface area (Å²) >= 11 is 1.49. The number of dihydropyridines is 1. The minimum absolute atomic E-state index is 0.370. The molecule has 3 aromatic rings. The van der Waals surface area contributed by atoms with Gasteiger partial charge < -0.3 is 24.5 Å². The summed E-state index contributed by atoms with van der Waals surface area (Å²) < 4.78 is 16.6. The van der Waals surface area contributed by atoms with Gasteiger partial charge in [0.05, 0.1) is 49.4 Å². The average molecular weight is 704 g/mol. The van der Waals surface area contributed by atoms with Crippen LogP contribution in [0.2, 0.25) is 0 Å². The van der Waals surface area contributed by atoms with Crippen LogP contribution in [-0.2, 0) is 25.5 Å². The van der Waals surface area contributed by atoms with Crippen molar-refractivity contribution in [2.24, 2.45) is 0 Å². The molecule has 1 aliphatic rings. The van der Waals surface area contributed by atoms with Gasteiger partial charge in [-0.05, 0) is 56.0 Å². The normalized spacial score (nSPS) is 14.6. The van der Waals surface area contributed by atoms with Crippen LogP contribution >= 0.6 is 11.8 Å². The first-order valence-electron chi connectivity index (χ1n) is 18.4. The van der Waals surface area contributed by atoms with Gasteiger partial charge >= 0.3 is 11.9 Å². The molecule has 0 fully saturated rings. The number of rotatable bonds is 21. The molecule has 2 N–H and O–H groups in total. The number of nitrogens with one attached hydrogen (secondary N) is 2. The third-order valence-electron chi connectivity index (χ3n) is 9.64. The fourth-order valence-electron chi connectivity index (χ4n) is 6.99. The molecule has 1 aliphatic heterocycles. The second kappa shape index (κ2) is 20.2. The molecule has 0 aliphatic carbocycles. The van der Waals surface area contributed by atoms with E-state index in [1.165, 1.54) is 96.6 Å². The molecule has 0 radical (unpaired) electrons. The van der Waals surface area contributed by atoms with E-state index in [4.69, 9.17) is 19.2 Å². The Kier molecular flexibility index (Phi) is 15.8. The maximum atomic E-state index is 13.7. The van der Waals surface area contributed by atoms with Crippen molar-refractivity contribution < 1.29 is 23.8 Å². The molecule has 1 unspecified atom stereocenters. The number of benzene rings is 2. The Morgan fingerprint density at radius 3 is 2.04 bits per heavy atom. The first-order valence-corrected chi connectivity index (χ1v) is 19.4. The Hall–Kier alpha value is -3.72. The highest BCUT2D eigenvalue weighted by molar-refractivity contribution is 7.99. The Morgan fingerprint density at radius 1 is 0.800 bits per heavy atom. The van der Waals surface area contributed by atoms with Crippen LogP contribution in [0.3, 0.4) is 0 Å². The summed E-state index contributed by atoms with van der Waals surface area (Å²) in [6.45, 7) is 6.16. The van der Waals surface area contributed by atoms with E-state index < -0.39 is 17.9 Å². The minimum Gasteiger partial charge on any atom is -0.496 e. The molecule has 9 heteroatoms. The lowest BCUT2D eigenvalue weighted by Gasteiger charge is -2.33. The number of carbonyl (C=O) groups excluding carboxylic acids is 2. The maximum absolute atomic E-state index is 13.7. The fourth-order valence-corrected chi connectivity index (χ4v) is 7.84. The monoisotopic (exact) mass is 703 g/mol. The van der Waals surface area contributed by atoms with Crippen LogP contribution < -0.4 is 10.1 Å². The molecule has 1 atom stereocenters. The highest BCUT2D eigenvalue weighted by Crippen LogP contribution is 2.45. The Labute approximate surface area is 303 Å².